The highest BCUT2D eigenvalue weighted by atomic mass is 15.3. The van der Waals surface area contributed by atoms with Crippen LogP contribution in [0, 0.1) is 17.2 Å². The molecule has 1 aliphatic heterocycles. The molecule has 4 atom stereocenters. The van der Waals surface area contributed by atoms with Crippen LogP contribution in [-0.4, -0.2) is 11.9 Å². The lowest BCUT2D eigenvalue weighted by Crippen LogP contribution is -2.44. The molecular weight excluding hydrogens is 667 g/mol. The second-order valence-corrected chi connectivity index (χ2v) is 15.3. The lowest BCUT2D eigenvalue weighted by atomic mass is 9.67. The number of nitrogens with one attached hydrogen (secondary N) is 1. The van der Waals surface area contributed by atoms with Crippen molar-refractivity contribution in [1.82, 2.24) is 10.2 Å². The Morgan fingerprint density at radius 1 is 0.564 bits per heavy atom. The average molecular weight is 712 g/mol. The minimum atomic E-state index is -0.537. The van der Waals surface area contributed by atoms with Crippen LogP contribution in [0.1, 0.15) is 82.5 Å². The van der Waals surface area contributed by atoms with Gasteiger partial charge in [0.25, 0.3) is 0 Å². The molecule has 1 N–H and O–H groups in total. The monoisotopic (exact) mass is 711 g/mol. The Bertz CT molecular complexity index is 2410. The third kappa shape index (κ3) is 6.09. The standard InChI is InChI=1S/C52H45N3/c1-36-23-32-49(39-15-7-3-8-16-39)55(2)51(40-17-9-4-10-18-40)54-50(36)42-29-31-46-45-30-28-41(38-26-24-37(35-53)25-27-38)33-47(45)52(48(46)34-42,43-19-11-5-12-20-43)44-21-13-6-14-22-44/h3-22,24-31,33-34,36,49-51,54H,23,32H2,1-2H3/t36-,49?,50?,51?/m1/s1. The smallest absolute Gasteiger partial charge is 0.0991 e. The Balaban J connectivity index is 1.22. The summed E-state index contributed by atoms with van der Waals surface area (Å²) >= 11 is 0. The highest BCUT2D eigenvalue weighted by molar-refractivity contribution is 5.88. The molecule has 55 heavy (non-hydrogen) atoms. The molecule has 1 saturated heterocycles. The molecule has 1 aliphatic carbocycles. The van der Waals surface area contributed by atoms with Gasteiger partial charge < -0.3 is 0 Å². The molecule has 0 amide bonds. The Hall–Kier alpha value is -6.05. The highest BCUT2D eigenvalue weighted by Gasteiger charge is 2.47. The van der Waals surface area contributed by atoms with Crippen LogP contribution in [0.5, 0.6) is 0 Å². The molecule has 1 heterocycles. The van der Waals surface area contributed by atoms with Crippen LogP contribution in [0.2, 0.25) is 0 Å². The SMILES string of the molecule is C[C@@H]1CCC(c2ccccc2)N(C)C(c2ccccc2)NC1c1ccc2c(c1)C(c1ccccc1)(c1ccccc1)c1cc(-c3ccc(C#N)cc3)ccc1-2. The van der Waals surface area contributed by atoms with Gasteiger partial charge in [0.15, 0.2) is 0 Å². The minimum absolute atomic E-state index is 0.0209. The summed E-state index contributed by atoms with van der Waals surface area (Å²) in [5.41, 5.74) is 14.0. The van der Waals surface area contributed by atoms with Gasteiger partial charge in [-0.25, -0.2) is 0 Å². The lowest BCUT2D eigenvalue weighted by Gasteiger charge is -2.43. The van der Waals surface area contributed by atoms with Crippen LogP contribution in [-0.2, 0) is 5.41 Å². The van der Waals surface area contributed by atoms with Crippen molar-refractivity contribution in [1.29, 1.82) is 5.26 Å². The molecule has 7 aromatic rings. The Morgan fingerprint density at radius 2 is 1.09 bits per heavy atom. The Morgan fingerprint density at radius 3 is 1.69 bits per heavy atom. The fraction of sp³-hybridized carbons (Fsp3) is 0.173. The van der Waals surface area contributed by atoms with E-state index in [4.69, 9.17) is 0 Å². The van der Waals surface area contributed by atoms with E-state index < -0.39 is 5.41 Å². The summed E-state index contributed by atoms with van der Waals surface area (Å²) in [6, 6.07) is 69.0. The van der Waals surface area contributed by atoms with Gasteiger partial charge in [0.2, 0.25) is 0 Å². The first-order valence-corrected chi connectivity index (χ1v) is 19.5. The van der Waals surface area contributed by atoms with Gasteiger partial charge >= 0.3 is 0 Å². The van der Waals surface area contributed by atoms with E-state index in [0.29, 0.717) is 17.5 Å². The second kappa shape index (κ2) is 14.6. The zero-order valence-corrected chi connectivity index (χ0v) is 31.4. The predicted molar refractivity (Wildman–Crippen MR) is 224 cm³/mol. The Kier molecular flexibility index (Phi) is 9.24. The molecular formula is C52H45N3. The largest absolute Gasteiger partial charge is 0.291 e. The summed E-state index contributed by atoms with van der Waals surface area (Å²) in [6.07, 6.45) is 2.19. The first-order valence-electron chi connectivity index (χ1n) is 19.5. The first-order chi connectivity index (χ1) is 27.1. The second-order valence-electron chi connectivity index (χ2n) is 15.3. The molecule has 0 saturated carbocycles. The number of hydrogen-bond acceptors (Lipinski definition) is 3. The van der Waals surface area contributed by atoms with E-state index in [1.807, 2.05) is 12.1 Å². The van der Waals surface area contributed by atoms with Crippen molar-refractivity contribution >= 4 is 0 Å². The highest BCUT2D eigenvalue weighted by Crippen LogP contribution is 2.57. The maximum absolute atomic E-state index is 9.50. The quantitative estimate of drug-likeness (QED) is 0.187. The number of fused-ring (bicyclic) bond motifs is 3. The van der Waals surface area contributed by atoms with E-state index in [1.165, 1.54) is 50.1 Å². The molecule has 268 valence electrons. The zero-order valence-electron chi connectivity index (χ0n) is 31.4. The van der Waals surface area contributed by atoms with Crippen molar-refractivity contribution in [2.75, 3.05) is 7.05 Å². The number of rotatable bonds is 6. The van der Waals surface area contributed by atoms with Gasteiger partial charge in [0.05, 0.1) is 23.2 Å². The topological polar surface area (TPSA) is 39.1 Å². The van der Waals surface area contributed by atoms with E-state index in [-0.39, 0.29) is 12.2 Å². The van der Waals surface area contributed by atoms with Crippen molar-refractivity contribution in [3.05, 3.63) is 226 Å². The van der Waals surface area contributed by atoms with Crippen LogP contribution in [0.25, 0.3) is 22.3 Å². The van der Waals surface area contributed by atoms with Crippen molar-refractivity contribution in [3.63, 3.8) is 0 Å². The molecule has 0 spiro atoms. The lowest BCUT2D eigenvalue weighted by molar-refractivity contribution is 0.0884. The number of nitriles is 1. The van der Waals surface area contributed by atoms with E-state index >= 15 is 0 Å². The number of benzene rings is 7. The normalized spacial score (nSPS) is 20.4. The summed E-state index contributed by atoms with van der Waals surface area (Å²) in [4.78, 5) is 2.55. The fourth-order valence-electron chi connectivity index (χ4n) is 9.51. The summed E-state index contributed by atoms with van der Waals surface area (Å²) in [5, 5.41) is 13.7. The number of nitrogens with zero attached hydrogens (tertiary/aromatic N) is 2. The van der Waals surface area contributed by atoms with E-state index in [9.17, 15) is 5.26 Å². The molecule has 0 bridgehead atoms. The van der Waals surface area contributed by atoms with Crippen LogP contribution < -0.4 is 5.32 Å². The number of hydrogen-bond donors (Lipinski definition) is 1. The molecule has 3 nitrogen and oxygen atoms in total. The van der Waals surface area contributed by atoms with Gasteiger partial charge in [0, 0.05) is 12.1 Å². The zero-order chi connectivity index (χ0) is 37.4. The molecule has 0 aromatic heterocycles. The third-order valence-electron chi connectivity index (χ3n) is 12.3. The molecule has 9 rings (SSSR count). The predicted octanol–water partition coefficient (Wildman–Crippen LogP) is 12.0. The molecule has 3 unspecified atom stereocenters. The maximum atomic E-state index is 9.50. The van der Waals surface area contributed by atoms with Crippen molar-refractivity contribution in [2.24, 2.45) is 5.92 Å². The molecule has 2 aliphatic rings. The van der Waals surface area contributed by atoms with Gasteiger partial charge in [-0.05, 0) is 105 Å². The van der Waals surface area contributed by atoms with E-state index in [2.05, 4.69) is 200 Å². The van der Waals surface area contributed by atoms with E-state index in [0.717, 1.165) is 24.0 Å². The van der Waals surface area contributed by atoms with Gasteiger partial charge in [-0.1, -0.05) is 171 Å². The minimum Gasteiger partial charge on any atom is -0.291 e. The van der Waals surface area contributed by atoms with Gasteiger partial charge in [-0.2, -0.15) is 5.26 Å². The van der Waals surface area contributed by atoms with Crippen LogP contribution >= 0.6 is 0 Å². The van der Waals surface area contributed by atoms with Crippen LogP contribution in [0.3, 0.4) is 0 Å². The fourth-order valence-corrected chi connectivity index (χ4v) is 9.51. The molecule has 7 aromatic carbocycles. The van der Waals surface area contributed by atoms with Gasteiger partial charge in [-0.3, -0.25) is 10.2 Å². The molecule has 1 fully saturated rings. The van der Waals surface area contributed by atoms with Crippen molar-refractivity contribution in [2.45, 2.75) is 43.4 Å². The summed E-state index contributed by atoms with van der Waals surface area (Å²) < 4.78 is 0. The van der Waals surface area contributed by atoms with Crippen LogP contribution in [0.4, 0.5) is 0 Å². The van der Waals surface area contributed by atoms with Gasteiger partial charge in [0.1, 0.15) is 0 Å². The van der Waals surface area contributed by atoms with E-state index in [1.54, 1.807) is 0 Å². The summed E-state index contributed by atoms with van der Waals surface area (Å²) in [6.45, 7) is 2.43. The van der Waals surface area contributed by atoms with Crippen molar-refractivity contribution in [3.8, 4) is 28.3 Å². The third-order valence-corrected chi connectivity index (χ3v) is 12.3. The van der Waals surface area contributed by atoms with Crippen LogP contribution in [0.15, 0.2) is 182 Å². The first kappa shape index (κ1) is 34.7. The average Bonchev–Trinajstić information content (AvgIpc) is 3.54. The maximum Gasteiger partial charge on any atom is 0.0991 e. The summed E-state index contributed by atoms with van der Waals surface area (Å²) in [5.74, 6) is 0.388. The molecule has 3 heteroatoms. The van der Waals surface area contributed by atoms with Gasteiger partial charge in [-0.15, -0.1) is 0 Å². The Labute approximate surface area is 325 Å². The van der Waals surface area contributed by atoms with Crippen molar-refractivity contribution < 1.29 is 0 Å². The molecule has 0 radical (unpaired) electrons. The summed E-state index contributed by atoms with van der Waals surface area (Å²) in [7, 11) is 2.29.